The van der Waals surface area contributed by atoms with Crippen LogP contribution in [0, 0.1) is 0 Å². The number of benzene rings is 1. The fraction of sp³-hybridized carbons (Fsp3) is 0.308. The molecule has 18 heavy (non-hydrogen) atoms. The van der Waals surface area contributed by atoms with E-state index in [2.05, 4.69) is 5.32 Å². The predicted octanol–water partition coefficient (Wildman–Crippen LogP) is 2.42. The van der Waals surface area contributed by atoms with Crippen LogP contribution in [0.2, 0.25) is 0 Å². The summed E-state index contributed by atoms with van der Waals surface area (Å²) in [6, 6.07) is 7.18. The van der Waals surface area contributed by atoms with Crippen molar-refractivity contribution in [2.24, 2.45) is 0 Å². The number of hydrogen-bond acceptors (Lipinski definition) is 3. The molecule has 1 unspecified atom stereocenters. The van der Waals surface area contributed by atoms with Crippen LogP contribution in [0.25, 0.3) is 11.0 Å². The molecule has 4 nitrogen and oxygen atoms in total. The van der Waals surface area contributed by atoms with Crippen LogP contribution < -0.4 is 5.32 Å². The summed E-state index contributed by atoms with van der Waals surface area (Å²) >= 11 is 5.75. The predicted molar refractivity (Wildman–Crippen MR) is 70.1 cm³/mol. The van der Waals surface area contributed by atoms with E-state index >= 15 is 0 Å². The number of amides is 1. The number of rotatable bonds is 5. The first-order chi connectivity index (χ1) is 8.76. The molecular formula is C13H14ClNO3. The summed E-state index contributed by atoms with van der Waals surface area (Å²) in [5.74, 6) is 0.0951. The summed E-state index contributed by atoms with van der Waals surface area (Å²) in [4.78, 5) is 12.1. The smallest absolute Gasteiger partial charge is 0.255 e. The van der Waals surface area contributed by atoms with Crippen molar-refractivity contribution < 1.29 is 13.9 Å². The van der Waals surface area contributed by atoms with E-state index in [0.717, 1.165) is 5.39 Å². The molecule has 1 amide bonds. The zero-order chi connectivity index (χ0) is 13.0. The summed E-state index contributed by atoms with van der Waals surface area (Å²) < 4.78 is 10.3. The summed E-state index contributed by atoms with van der Waals surface area (Å²) in [5, 5.41) is 3.60. The number of carbonyl (C=O) groups excluding carboxylic acids is 1. The molecule has 0 fully saturated rings. The summed E-state index contributed by atoms with van der Waals surface area (Å²) in [7, 11) is 1.57. The van der Waals surface area contributed by atoms with E-state index in [1.165, 1.54) is 6.26 Å². The second-order valence-electron chi connectivity index (χ2n) is 3.93. The summed E-state index contributed by atoms with van der Waals surface area (Å²) in [6.07, 6.45) is 1.46. The molecule has 0 aliphatic carbocycles. The molecule has 2 aromatic rings. The van der Waals surface area contributed by atoms with Gasteiger partial charge in [0.2, 0.25) is 0 Å². The molecule has 1 aromatic heterocycles. The van der Waals surface area contributed by atoms with Gasteiger partial charge in [-0.05, 0) is 6.07 Å². The van der Waals surface area contributed by atoms with E-state index < -0.39 is 0 Å². The van der Waals surface area contributed by atoms with Crippen LogP contribution in [0.15, 0.2) is 34.9 Å². The van der Waals surface area contributed by atoms with Crippen LogP contribution in [-0.2, 0) is 4.74 Å². The van der Waals surface area contributed by atoms with Gasteiger partial charge in [0.05, 0.1) is 18.2 Å². The van der Waals surface area contributed by atoms with Crippen LogP contribution in [0.1, 0.15) is 10.4 Å². The zero-order valence-corrected chi connectivity index (χ0v) is 10.7. The molecule has 1 aromatic carbocycles. The van der Waals surface area contributed by atoms with Gasteiger partial charge in [0.15, 0.2) is 0 Å². The lowest BCUT2D eigenvalue weighted by Gasteiger charge is -2.14. The van der Waals surface area contributed by atoms with E-state index in [1.807, 2.05) is 24.3 Å². The van der Waals surface area contributed by atoms with Gasteiger partial charge in [-0.15, -0.1) is 11.6 Å². The second-order valence-corrected chi connectivity index (χ2v) is 4.23. The molecule has 0 saturated carbocycles. The molecule has 2 rings (SSSR count). The highest BCUT2D eigenvalue weighted by Gasteiger charge is 2.16. The van der Waals surface area contributed by atoms with E-state index in [-0.39, 0.29) is 11.9 Å². The maximum atomic E-state index is 12.1. The fourth-order valence-electron chi connectivity index (χ4n) is 1.74. The first-order valence-corrected chi connectivity index (χ1v) is 6.11. The molecule has 96 valence electrons. The monoisotopic (exact) mass is 267 g/mol. The first kappa shape index (κ1) is 12.9. The lowest BCUT2D eigenvalue weighted by molar-refractivity contribution is 0.0907. The number of halogens is 1. The van der Waals surface area contributed by atoms with Crippen LogP contribution in [-0.4, -0.2) is 31.5 Å². The summed E-state index contributed by atoms with van der Waals surface area (Å²) in [6.45, 7) is 0.380. The van der Waals surface area contributed by atoms with Gasteiger partial charge >= 0.3 is 0 Å². The Morgan fingerprint density at radius 2 is 2.28 bits per heavy atom. The van der Waals surface area contributed by atoms with Gasteiger partial charge in [0, 0.05) is 18.4 Å². The Kier molecular flexibility index (Phi) is 4.23. The van der Waals surface area contributed by atoms with Crippen LogP contribution >= 0.6 is 11.6 Å². The Hall–Kier alpha value is -1.52. The molecule has 5 heteroatoms. The molecule has 0 radical (unpaired) electrons. The molecular weight excluding hydrogens is 254 g/mol. The molecule has 1 atom stereocenters. The Balaban J connectivity index is 2.18. The number of fused-ring (bicyclic) bond motifs is 1. The molecule has 0 aliphatic heterocycles. The number of methoxy groups -OCH3 is 1. The quantitative estimate of drug-likeness (QED) is 0.847. The third-order valence-electron chi connectivity index (χ3n) is 2.61. The van der Waals surface area contributed by atoms with Crippen molar-refractivity contribution in [3.8, 4) is 0 Å². The van der Waals surface area contributed by atoms with Crippen molar-refractivity contribution in [1.29, 1.82) is 0 Å². The van der Waals surface area contributed by atoms with Crippen LogP contribution in [0.4, 0.5) is 0 Å². The van der Waals surface area contributed by atoms with Crippen molar-refractivity contribution in [3.05, 3.63) is 36.1 Å². The topological polar surface area (TPSA) is 51.5 Å². The highest BCUT2D eigenvalue weighted by Crippen LogP contribution is 2.20. The fourth-order valence-corrected chi connectivity index (χ4v) is 1.91. The summed E-state index contributed by atoms with van der Waals surface area (Å²) in [5.41, 5.74) is 1.20. The zero-order valence-electron chi connectivity index (χ0n) is 9.98. The molecule has 1 heterocycles. The molecule has 1 N–H and O–H groups in total. The SMILES string of the molecule is COCC(CCl)NC(=O)c1coc2ccccc12. The van der Waals surface area contributed by atoms with Crippen LogP contribution in [0.3, 0.4) is 0 Å². The van der Waals surface area contributed by atoms with Crippen molar-refractivity contribution in [2.75, 3.05) is 19.6 Å². The third kappa shape index (κ3) is 2.66. The third-order valence-corrected chi connectivity index (χ3v) is 2.99. The number of carbonyl (C=O) groups is 1. The highest BCUT2D eigenvalue weighted by molar-refractivity contribution is 6.18. The Morgan fingerprint density at radius 1 is 1.50 bits per heavy atom. The number of furan rings is 1. The largest absolute Gasteiger partial charge is 0.463 e. The molecule has 0 saturated heterocycles. The maximum absolute atomic E-state index is 12.1. The minimum atomic E-state index is -0.210. The number of nitrogens with one attached hydrogen (secondary N) is 1. The van der Waals surface area contributed by atoms with Crippen molar-refractivity contribution >= 4 is 28.5 Å². The lowest BCUT2D eigenvalue weighted by atomic mass is 10.1. The van der Waals surface area contributed by atoms with Crippen LogP contribution in [0.5, 0.6) is 0 Å². The van der Waals surface area contributed by atoms with Crippen molar-refractivity contribution in [3.63, 3.8) is 0 Å². The highest BCUT2D eigenvalue weighted by atomic mass is 35.5. The second kappa shape index (κ2) is 5.89. The normalized spacial score (nSPS) is 12.6. The number of ether oxygens (including phenoxy) is 1. The van der Waals surface area contributed by atoms with E-state index in [1.54, 1.807) is 7.11 Å². The number of alkyl halides is 1. The minimum Gasteiger partial charge on any atom is -0.463 e. The molecule has 0 aliphatic rings. The van der Waals surface area contributed by atoms with Crippen molar-refractivity contribution in [1.82, 2.24) is 5.32 Å². The lowest BCUT2D eigenvalue weighted by Crippen LogP contribution is -2.39. The number of hydrogen-bond donors (Lipinski definition) is 1. The average Bonchev–Trinajstić information content (AvgIpc) is 2.82. The first-order valence-electron chi connectivity index (χ1n) is 5.58. The van der Waals surface area contributed by atoms with Gasteiger partial charge in [-0.2, -0.15) is 0 Å². The van der Waals surface area contributed by atoms with Gasteiger partial charge in [-0.25, -0.2) is 0 Å². The van der Waals surface area contributed by atoms with E-state index in [0.29, 0.717) is 23.6 Å². The molecule has 0 bridgehead atoms. The Labute approximate surface area is 110 Å². The molecule has 0 spiro atoms. The average molecular weight is 268 g/mol. The van der Waals surface area contributed by atoms with Gasteiger partial charge in [0.25, 0.3) is 5.91 Å². The standard InChI is InChI=1S/C13H14ClNO3/c1-17-7-9(6-14)15-13(16)11-8-18-12-5-3-2-4-10(11)12/h2-5,8-9H,6-7H2,1H3,(H,15,16). The van der Waals surface area contributed by atoms with E-state index in [9.17, 15) is 4.79 Å². The Morgan fingerprint density at radius 3 is 3.00 bits per heavy atom. The number of para-hydroxylation sites is 1. The van der Waals surface area contributed by atoms with Crippen molar-refractivity contribution in [2.45, 2.75) is 6.04 Å². The van der Waals surface area contributed by atoms with E-state index in [4.69, 9.17) is 20.8 Å². The maximum Gasteiger partial charge on any atom is 0.255 e. The van der Waals surface area contributed by atoms with Gasteiger partial charge in [0.1, 0.15) is 11.8 Å². The van der Waals surface area contributed by atoms with Gasteiger partial charge in [-0.1, -0.05) is 18.2 Å². The minimum absolute atomic E-state index is 0.206. The van der Waals surface area contributed by atoms with Gasteiger partial charge in [-0.3, -0.25) is 4.79 Å². The van der Waals surface area contributed by atoms with Gasteiger partial charge < -0.3 is 14.5 Å². The Bertz CT molecular complexity index is 538.